The van der Waals surface area contributed by atoms with Crippen LogP contribution in [0.1, 0.15) is 18.1 Å². The molecule has 0 radical (unpaired) electrons. The molecule has 1 aromatic heterocycles. The largest absolute Gasteiger partial charge is 0.379 e. The summed E-state index contributed by atoms with van der Waals surface area (Å²) in [4.78, 5) is 6.59. The fourth-order valence-corrected chi connectivity index (χ4v) is 1.87. The van der Waals surface area contributed by atoms with Gasteiger partial charge in [-0.05, 0) is 29.7 Å². The van der Waals surface area contributed by atoms with Crippen molar-refractivity contribution in [3.05, 3.63) is 36.2 Å². The van der Waals surface area contributed by atoms with Crippen LogP contribution in [0, 0.1) is 0 Å². The number of pyridine rings is 1. The number of nitrogens with zero attached hydrogens (tertiary/aromatic N) is 2. The van der Waals surface area contributed by atoms with E-state index in [0.29, 0.717) is 6.10 Å². The molecule has 16 heavy (non-hydrogen) atoms. The summed E-state index contributed by atoms with van der Waals surface area (Å²) in [5, 5.41) is 0. The summed E-state index contributed by atoms with van der Waals surface area (Å²) < 4.78 is 5.24. The second-order valence-electron chi connectivity index (χ2n) is 4.41. The number of hydrogen-bond acceptors (Lipinski definition) is 3. The Hall–Kier alpha value is -1.19. The lowest BCUT2D eigenvalue weighted by molar-refractivity contribution is -0.0334. The highest BCUT2D eigenvalue weighted by Gasteiger charge is 2.25. The Kier molecular flexibility index (Phi) is 3.36. The highest BCUT2D eigenvalue weighted by molar-refractivity contribution is 5.60. The van der Waals surface area contributed by atoms with Gasteiger partial charge in [0.1, 0.15) is 0 Å². The van der Waals surface area contributed by atoms with Crippen molar-refractivity contribution < 1.29 is 4.74 Å². The number of ether oxygens (including phenoxy) is 1. The second-order valence-corrected chi connectivity index (χ2v) is 4.41. The maximum atomic E-state index is 5.24. The van der Waals surface area contributed by atoms with Crippen LogP contribution in [0.3, 0.4) is 0 Å². The van der Waals surface area contributed by atoms with Gasteiger partial charge in [-0.1, -0.05) is 6.58 Å². The number of likely N-dealkylation sites (tertiary alicyclic amines) is 1. The SMILES string of the molecule is C=C(C)c1cncc(CN2CC(OC)C2)c1. The minimum absolute atomic E-state index is 0.414. The Morgan fingerprint density at radius 1 is 1.56 bits per heavy atom. The summed E-state index contributed by atoms with van der Waals surface area (Å²) >= 11 is 0. The minimum atomic E-state index is 0.414. The topological polar surface area (TPSA) is 25.4 Å². The highest BCUT2D eigenvalue weighted by atomic mass is 16.5. The van der Waals surface area contributed by atoms with E-state index in [9.17, 15) is 0 Å². The van der Waals surface area contributed by atoms with E-state index in [2.05, 4.69) is 22.5 Å². The van der Waals surface area contributed by atoms with E-state index in [1.807, 2.05) is 19.3 Å². The van der Waals surface area contributed by atoms with Gasteiger partial charge in [0, 0.05) is 39.1 Å². The molecule has 0 atom stereocenters. The van der Waals surface area contributed by atoms with Gasteiger partial charge in [-0.25, -0.2) is 0 Å². The smallest absolute Gasteiger partial charge is 0.0825 e. The monoisotopic (exact) mass is 218 g/mol. The average molecular weight is 218 g/mol. The molecule has 3 heteroatoms. The van der Waals surface area contributed by atoms with Crippen LogP contribution in [0.5, 0.6) is 0 Å². The zero-order valence-electron chi connectivity index (χ0n) is 9.94. The third-order valence-electron chi connectivity index (χ3n) is 2.95. The predicted molar refractivity (Wildman–Crippen MR) is 65.0 cm³/mol. The number of allylic oxidation sites excluding steroid dienone is 1. The molecule has 0 amide bonds. The van der Waals surface area contributed by atoms with Gasteiger partial charge in [0.2, 0.25) is 0 Å². The van der Waals surface area contributed by atoms with Crippen LogP contribution in [0.15, 0.2) is 25.0 Å². The Labute approximate surface area is 96.7 Å². The lowest BCUT2D eigenvalue weighted by Crippen LogP contribution is -2.50. The molecule has 0 spiro atoms. The first-order valence-electron chi connectivity index (χ1n) is 5.54. The lowest BCUT2D eigenvalue weighted by Gasteiger charge is -2.38. The molecule has 0 aromatic carbocycles. The van der Waals surface area contributed by atoms with Gasteiger partial charge in [0.15, 0.2) is 0 Å². The van der Waals surface area contributed by atoms with Crippen molar-refractivity contribution in [2.24, 2.45) is 0 Å². The number of rotatable bonds is 4. The average Bonchev–Trinajstić information content (AvgIpc) is 2.23. The van der Waals surface area contributed by atoms with Crippen molar-refractivity contribution in [1.82, 2.24) is 9.88 Å². The van der Waals surface area contributed by atoms with E-state index in [0.717, 1.165) is 30.8 Å². The van der Waals surface area contributed by atoms with Crippen molar-refractivity contribution in [2.45, 2.75) is 19.6 Å². The van der Waals surface area contributed by atoms with Crippen molar-refractivity contribution >= 4 is 5.57 Å². The quantitative estimate of drug-likeness (QED) is 0.772. The number of methoxy groups -OCH3 is 1. The van der Waals surface area contributed by atoms with Crippen molar-refractivity contribution in [2.75, 3.05) is 20.2 Å². The first-order valence-corrected chi connectivity index (χ1v) is 5.54. The zero-order chi connectivity index (χ0) is 11.5. The third kappa shape index (κ3) is 2.49. The van der Waals surface area contributed by atoms with Crippen LogP contribution in [0.25, 0.3) is 5.57 Å². The molecule has 1 aliphatic heterocycles. The molecule has 1 saturated heterocycles. The van der Waals surface area contributed by atoms with E-state index in [1.54, 1.807) is 7.11 Å². The minimum Gasteiger partial charge on any atom is -0.379 e. The van der Waals surface area contributed by atoms with Crippen LogP contribution in [0.2, 0.25) is 0 Å². The second kappa shape index (κ2) is 4.76. The maximum absolute atomic E-state index is 5.24. The molecule has 1 fully saturated rings. The molecule has 1 aromatic rings. The van der Waals surface area contributed by atoms with E-state index in [-0.39, 0.29) is 0 Å². The molecular formula is C13H18N2O. The summed E-state index contributed by atoms with van der Waals surface area (Å²) in [5.41, 5.74) is 3.43. The van der Waals surface area contributed by atoms with Gasteiger partial charge in [0.25, 0.3) is 0 Å². The Morgan fingerprint density at radius 3 is 2.94 bits per heavy atom. The predicted octanol–water partition coefficient (Wildman–Crippen LogP) is 1.95. The molecule has 2 rings (SSSR count). The molecule has 2 heterocycles. The van der Waals surface area contributed by atoms with Crippen molar-refractivity contribution in [3.63, 3.8) is 0 Å². The summed E-state index contributed by atoms with van der Waals surface area (Å²) in [6, 6.07) is 2.16. The van der Waals surface area contributed by atoms with Gasteiger partial charge >= 0.3 is 0 Å². The normalized spacial score (nSPS) is 17.1. The Bertz CT molecular complexity index is 383. The molecule has 0 N–H and O–H groups in total. The van der Waals surface area contributed by atoms with Gasteiger partial charge in [0.05, 0.1) is 6.10 Å². The molecule has 3 nitrogen and oxygen atoms in total. The molecular weight excluding hydrogens is 200 g/mol. The van der Waals surface area contributed by atoms with Gasteiger partial charge in [-0.2, -0.15) is 0 Å². The van der Waals surface area contributed by atoms with E-state index in [1.165, 1.54) is 5.56 Å². The summed E-state index contributed by atoms with van der Waals surface area (Å²) in [6.45, 7) is 8.93. The van der Waals surface area contributed by atoms with Crippen molar-refractivity contribution in [3.8, 4) is 0 Å². The van der Waals surface area contributed by atoms with Crippen LogP contribution in [0.4, 0.5) is 0 Å². The van der Waals surface area contributed by atoms with Crippen LogP contribution < -0.4 is 0 Å². The molecule has 0 unspecified atom stereocenters. The Morgan fingerprint density at radius 2 is 2.31 bits per heavy atom. The third-order valence-corrected chi connectivity index (χ3v) is 2.95. The molecule has 86 valence electrons. The summed E-state index contributed by atoms with van der Waals surface area (Å²) in [6.07, 6.45) is 4.20. The van der Waals surface area contributed by atoms with E-state index < -0.39 is 0 Å². The molecule has 0 saturated carbocycles. The number of aromatic nitrogens is 1. The fourth-order valence-electron chi connectivity index (χ4n) is 1.87. The standard InChI is InChI=1S/C13H18N2O/c1-10(2)12-4-11(5-14-6-12)7-15-8-13(9-15)16-3/h4-6,13H,1,7-9H2,2-3H3. The summed E-state index contributed by atoms with van der Waals surface area (Å²) in [5.74, 6) is 0. The Balaban J connectivity index is 1.95. The maximum Gasteiger partial charge on any atom is 0.0825 e. The fraction of sp³-hybridized carbons (Fsp3) is 0.462. The van der Waals surface area contributed by atoms with Gasteiger partial charge in [-0.3, -0.25) is 9.88 Å². The van der Waals surface area contributed by atoms with E-state index >= 15 is 0 Å². The molecule has 0 bridgehead atoms. The van der Waals surface area contributed by atoms with E-state index in [4.69, 9.17) is 4.74 Å². The molecule has 1 aliphatic rings. The summed E-state index contributed by atoms with van der Waals surface area (Å²) in [7, 11) is 1.77. The van der Waals surface area contributed by atoms with Crippen LogP contribution in [-0.2, 0) is 11.3 Å². The lowest BCUT2D eigenvalue weighted by atomic mass is 10.1. The van der Waals surface area contributed by atoms with Crippen molar-refractivity contribution in [1.29, 1.82) is 0 Å². The zero-order valence-corrected chi connectivity index (χ0v) is 9.94. The van der Waals surface area contributed by atoms with Gasteiger partial charge < -0.3 is 4.74 Å². The van der Waals surface area contributed by atoms with Crippen LogP contribution >= 0.6 is 0 Å². The molecule has 0 aliphatic carbocycles. The number of hydrogen-bond donors (Lipinski definition) is 0. The first-order chi connectivity index (χ1) is 7.69. The first kappa shape index (κ1) is 11.3. The highest BCUT2D eigenvalue weighted by Crippen LogP contribution is 2.17. The van der Waals surface area contributed by atoms with Crippen LogP contribution in [-0.4, -0.2) is 36.2 Å². The van der Waals surface area contributed by atoms with Gasteiger partial charge in [-0.15, -0.1) is 0 Å².